The van der Waals surface area contributed by atoms with E-state index in [9.17, 15) is 4.79 Å². The Morgan fingerprint density at radius 2 is 2.00 bits per heavy atom. The zero-order chi connectivity index (χ0) is 17.5. The van der Waals surface area contributed by atoms with E-state index >= 15 is 0 Å². The number of amides is 2. The lowest BCUT2D eigenvalue weighted by Crippen LogP contribution is -2.36. The van der Waals surface area contributed by atoms with Crippen LogP contribution in [-0.4, -0.2) is 27.1 Å². The average Bonchev–Trinajstić information content (AvgIpc) is 3.16. The van der Waals surface area contributed by atoms with Crippen molar-refractivity contribution in [3.05, 3.63) is 77.5 Å². The quantitative estimate of drug-likeness (QED) is 0.714. The largest absolute Gasteiger partial charge is 0.338 e. The predicted molar refractivity (Wildman–Crippen MR) is 96.8 cm³/mol. The van der Waals surface area contributed by atoms with Gasteiger partial charge in [0, 0.05) is 42.6 Å². The molecule has 1 aromatic carbocycles. The molecule has 0 aliphatic heterocycles. The highest BCUT2D eigenvalue weighted by atomic mass is 35.5. The first-order valence-corrected chi connectivity index (χ1v) is 8.29. The second-order valence-corrected chi connectivity index (χ2v) is 5.82. The van der Waals surface area contributed by atoms with Crippen LogP contribution in [0.2, 0.25) is 5.02 Å². The smallest absolute Gasteiger partial charge is 0.315 e. The van der Waals surface area contributed by atoms with Crippen LogP contribution in [0, 0.1) is 0 Å². The summed E-state index contributed by atoms with van der Waals surface area (Å²) in [4.78, 5) is 20.4. The van der Waals surface area contributed by atoms with Crippen LogP contribution < -0.4 is 10.6 Å². The van der Waals surface area contributed by atoms with Gasteiger partial charge in [0.15, 0.2) is 0 Å². The number of rotatable bonds is 6. The first kappa shape index (κ1) is 17.0. The van der Waals surface area contributed by atoms with Gasteiger partial charge in [-0.05, 0) is 23.8 Å². The monoisotopic (exact) mass is 355 g/mol. The van der Waals surface area contributed by atoms with E-state index in [1.807, 2.05) is 47.2 Å². The molecule has 0 aliphatic rings. The molecule has 2 N–H and O–H groups in total. The average molecular weight is 356 g/mol. The molecule has 0 aliphatic carbocycles. The molecule has 0 spiro atoms. The molecule has 2 aromatic heterocycles. The zero-order valence-electron chi connectivity index (χ0n) is 13.5. The van der Waals surface area contributed by atoms with E-state index in [1.165, 1.54) is 0 Å². The SMILES string of the molecule is O=C(NCCc1cccc(-n2ccnc2)n1)NCc1ccccc1Cl. The summed E-state index contributed by atoms with van der Waals surface area (Å²) in [5.74, 6) is 0.804. The molecule has 0 unspecified atom stereocenters. The van der Waals surface area contributed by atoms with Gasteiger partial charge in [0.2, 0.25) is 0 Å². The van der Waals surface area contributed by atoms with E-state index in [0.29, 0.717) is 24.5 Å². The van der Waals surface area contributed by atoms with Gasteiger partial charge in [0.05, 0.1) is 0 Å². The Morgan fingerprint density at radius 3 is 2.80 bits per heavy atom. The van der Waals surface area contributed by atoms with E-state index in [4.69, 9.17) is 11.6 Å². The molecule has 7 heteroatoms. The normalized spacial score (nSPS) is 10.4. The van der Waals surface area contributed by atoms with Crippen molar-refractivity contribution in [3.63, 3.8) is 0 Å². The van der Waals surface area contributed by atoms with Crippen molar-refractivity contribution in [2.24, 2.45) is 0 Å². The van der Waals surface area contributed by atoms with Gasteiger partial charge in [-0.1, -0.05) is 35.9 Å². The van der Waals surface area contributed by atoms with Crippen molar-refractivity contribution in [1.29, 1.82) is 0 Å². The van der Waals surface area contributed by atoms with E-state index in [0.717, 1.165) is 17.1 Å². The van der Waals surface area contributed by atoms with Crippen LogP contribution >= 0.6 is 11.6 Å². The number of halogens is 1. The molecule has 2 amide bonds. The lowest BCUT2D eigenvalue weighted by Gasteiger charge is -2.09. The molecular weight excluding hydrogens is 338 g/mol. The third-order valence-corrected chi connectivity index (χ3v) is 3.99. The van der Waals surface area contributed by atoms with Crippen LogP contribution in [-0.2, 0) is 13.0 Å². The van der Waals surface area contributed by atoms with Crippen LogP contribution in [0.4, 0.5) is 4.79 Å². The maximum absolute atomic E-state index is 11.9. The summed E-state index contributed by atoms with van der Waals surface area (Å²) in [6.45, 7) is 0.884. The summed E-state index contributed by atoms with van der Waals surface area (Å²) in [6.07, 6.45) is 5.89. The molecule has 6 nitrogen and oxygen atoms in total. The standard InChI is InChI=1S/C18H18ClN5O/c19-16-6-2-1-4-14(16)12-22-18(25)21-9-8-15-5-3-7-17(23-15)24-11-10-20-13-24/h1-7,10-11,13H,8-9,12H2,(H2,21,22,25). The van der Waals surface area contributed by atoms with Gasteiger partial charge >= 0.3 is 6.03 Å². The molecule has 0 saturated heterocycles. The number of pyridine rings is 1. The fraction of sp³-hybridized carbons (Fsp3) is 0.167. The molecule has 3 aromatic rings. The Labute approximate surface area is 150 Å². The maximum atomic E-state index is 11.9. The van der Waals surface area contributed by atoms with Crippen molar-refractivity contribution >= 4 is 17.6 Å². The third-order valence-electron chi connectivity index (χ3n) is 3.62. The van der Waals surface area contributed by atoms with Crippen molar-refractivity contribution in [2.75, 3.05) is 6.54 Å². The Morgan fingerprint density at radius 1 is 1.12 bits per heavy atom. The second-order valence-electron chi connectivity index (χ2n) is 5.41. The van der Waals surface area contributed by atoms with E-state index in [2.05, 4.69) is 20.6 Å². The number of imidazole rings is 1. The first-order valence-electron chi connectivity index (χ1n) is 7.92. The van der Waals surface area contributed by atoms with Crippen molar-refractivity contribution in [1.82, 2.24) is 25.2 Å². The number of hydrogen-bond donors (Lipinski definition) is 2. The fourth-order valence-electron chi connectivity index (χ4n) is 2.33. The topological polar surface area (TPSA) is 71.8 Å². The highest BCUT2D eigenvalue weighted by molar-refractivity contribution is 6.31. The van der Waals surface area contributed by atoms with Gasteiger partial charge < -0.3 is 10.6 Å². The van der Waals surface area contributed by atoms with Crippen LogP contribution in [0.15, 0.2) is 61.2 Å². The molecule has 3 rings (SSSR count). The van der Waals surface area contributed by atoms with Gasteiger partial charge in [0.1, 0.15) is 12.1 Å². The van der Waals surface area contributed by atoms with Crippen molar-refractivity contribution in [3.8, 4) is 5.82 Å². The first-order chi connectivity index (χ1) is 12.2. The summed E-state index contributed by atoms with van der Waals surface area (Å²) in [5, 5.41) is 6.26. The molecule has 25 heavy (non-hydrogen) atoms. The predicted octanol–water partition coefficient (Wildman–Crippen LogP) is 2.96. The minimum Gasteiger partial charge on any atom is -0.338 e. The summed E-state index contributed by atoms with van der Waals surface area (Å²) in [7, 11) is 0. The number of nitrogens with zero attached hydrogens (tertiary/aromatic N) is 3. The van der Waals surface area contributed by atoms with Crippen molar-refractivity contribution < 1.29 is 4.79 Å². The maximum Gasteiger partial charge on any atom is 0.315 e. The van der Waals surface area contributed by atoms with E-state index in [1.54, 1.807) is 18.6 Å². The molecule has 0 saturated carbocycles. The fourth-order valence-corrected chi connectivity index (χ4v) is 2.53. The number of hydrogen-bond acceptors (Lipinski definition) is 3. The van der Waals surface area contributed by atoms with Gasteiger partial charge in [-0.3, -0.25) is 4.57 Å². The molecule has 0 fully saturated rings. The van der Waals surface area contributed by atoms with E-state index < -0.39 is 0 Å². The van der Waals surface area contributed by atoms with Crippen LogP contribution in [0.5, 0.6) is 0 Å². The Kier molecular flexibility index (Phi) is 5.64. The summed E-state index contributed by atoms with van der Waals surface area (Å²) in [5.41, 5.74) is 1.78. The molecule has 0 radical (unpaired) electrons. The summed E-state index contributed by atoms with van der Waals surface area (Å²) in [6, 6.07) is 13.0. The van der Waals surface area contributed by atoms with Crippen LogP contribution in [0.25, 0.3) is 5.82 Å². The van der Waals surface area contributed by atoms with Gasteiger partial charge in [0.25, 0.3) is 0 Å². The van der Waals surface area contributed by atoms with Crippen LogP contribution in [0.3, 0.4) is 0 Å². The van der Waals surface area contributed by atoms with Crippen LogP contribution in [0.1, 0.15) is 11.3 Å². The number of benzene rings is 1. The summed E-state index contributed by atoms with van der Waals surface area (Å²) >= 11 is 6.06. The lowest BCUT2D eigenvalue weighted by atomic mass is 10.2. The molecule has 0 bridgehead atoms. The number of nitrogens with one attached hydrogen (secondary N) is 2. The lowest BCUT2D eigenvalue weighted by molar-refractivity contribution is 0.240. The zero-order valence-corrected chi connectivity index (χ0v) is 14.3. The number of aromatic nitrogens is 3. The van der Waals surface area contributed by atoms with Gasteiger partial charge in [-0.2, -0.15) is 0 Å². The molecular formula is C18H18ClN5O. The van der Waals surface area contributed by atoms with Gasteiger partial charge in [-0.25, -0.2) is 14.8 Å². The number of carbonyl (C=O) groups is 1. The third kappa shape index (κ3) is 4.81. The number of carbonyl (C=O) groups excluding carboxylic acids is 1. The number of urea groups is 1. The summed E-state index contributed by atoms with van der Waals surface area (Å²) < 4.78 is 1.84. The molecule has 128 valence electrons. The minimum absolute atomic E-state index is 0.231. The molecule has 0 atom stereocenters. The Bertz CT molecular complexity index is 835. The second kappa shape index (κ2) is 8.30. The highest BCUT2D eigenvalue weighted by Crippen LogP contribution is 2.14. The minimum atomic E-state index is -0.231. The van der Waals surface area contributed by atoms with Crippen molar-refractivity contribution in [2.45, 2.75) is 13.0 Å². The van der Waals surface area contributed by atoms with Gasteiger partial charge in [-0.15, -0.1) is 0 Å². The Hall–Kier alpha value is -2.86. The molecule has 2 heterocycles. The van der Waals surface area contributed by atoms with E-state index in [-0.39, 0.29) is 6.03 Å². The highest BCUT2D eigenvalue weighted by Gasteiger charge is 2.04. The Balaban J connectivity index is 1.46.